The fourth-order valence-corrected chi connectivity index (χ4v) is 9.34. The summed E-state index contributed by atoms with van der Waals surface area (Å²) < 4.78 is 16.1. The van der Waals surface area contributed by atoms with Gasteiger partial charge in [0, 0.05) is 19.8 Å². The van der Waals surface area contributed by atoms with Gasteiger partial charge in [0.2, 0.25) is 0 Å². The van der Waals surface area contributed by atoms with E-state index in [2.05, 4.69) is 34.6 Å². The Labute approximate surface area is 420 Å². The number of aliphatic hydroxyl groups excluding tert-OH is 1. The second-order valence-electron chi connectivity index (χ2n) is 18.5. The molecule has 6 fully saturated rings. The quantitative estimate of drug-likeness (QED) is 0.103. The van der Waals surface area contributed by atoms with Crippen LogP contribution in [0.25, 0.3) is 0 Å². The molecule has 65 heavy (non-hydrogen) atoms. The Balaban J connectivity index is 0. The van der Waals surface area contributed by atoms with Crippen molar-refractivity contribution >= 4 is 81.7 Å². The van der Waals surface area contributed by atoms with Crippen LogP contribution in [0.4, 0.5) is 0 Å². The van der Waals surface area contributed by atoms with Crippen LogP contribution in [0, 0.1) is 0 Å². The van der Waals surface area contributed by atoms with Gasteiger partial charge in [0.1, 0.15) is 28.5 Å². The van der Waals surface area contributed by atoms with Crippen LogP contribution in [0.15, 0.2) is 0 Å². The normalized spacial score (nSPS) is 21.3. The number of hydrogen-bond acceptors (Lipinski definition) is 10. The van der Waals surface area contributed by atoms with E-state index in [1.165, 1.54) is 58.3 Å². The number of hydrogen-bond donors (Lipinski definition) is 3. The zero-order valence-corrected chi connectivity index (χ0v) is 45.3. The highest BCUT2D eigenvalue weighted by Crippen LogP contribution is 2.38. The molecule has 6 saturated carbocycles. The lowest BCUT2D eigenvalue weighted by molar-refractivity contribution is -0.162. The molecule has 0 bridgehead atoms. The zero-order chi connectivity index (χ0) is 49.8. The van der Waals surface area contributed by atoms with Crippen molar-refractivity contribution in [2.75, 3.05) is 16.6 Å². The molecule has 0 amide bonds. The van der Waals surface area contributed by atoms with E-state index >= 15 is 0 Å². The highest BCUT2D eigenvalue weighted by atomic mass is 35.5. The number of halogens is 5. The molecule has 0 aromatic heterocycles. The lowest BCUT2D eigenvalue weighted by Crippen LogP contribution is -2.32. The summed E-state index contributed by atoms with van der Waals surface area (Å²) in [6, 6.07) is 0. The molecule has 0 aromatic rings. The molecule has 0 aliphatic heterocycles. The van der Waals surface area contributed by atoms with Crippen LogP contribution in [0.1, 0.15) is 241 Å². The predicted molar refractivity (Wildman–Crippen MR) is 269 cm³/mol. The first-order valence-corrected chi connectivity index (χ1v) is 27.5. The molecule has 0 saturated heterocycles. The van der Waals surface area contributed by atoms with E-state index in [-0.39, 0.29) is 68.9 Å². The second-order valence-corrected chi connectivity index (χ2v) is 20.4. The fourth-order valence-electron chi connectivity index (χ4n) is 9.28. The molecule has 0 heterocycles. The summed E-state index contributed by atoms with van der Waals surface area (Å²) in [6.45, 7) is 13.4. The number of carbonyl (C=O) groups is 4. The standard InChI is InChI=1S/C11H20O3.C9H15ClO2.C9H16O2.2C7H14O.C5H8O.2CH2Cl2/c1-3-11(6-4-5-7-11)14-10(13)8-9(2)12;1-2-9(5-3-4-6-9)12-8(11)7-10;1-3-9(11-8(2)10)6-4-5-7-9;2*1-2-7(8)5-3-4-6-7;6-5-3-1-2-4-5;2*2-1-3/h9,12H,3-8H2,1-2H3;2-7H2,1H3;3-7H2,1-2H3;2*8H,2-6H2,1H3;1-4H2;2*1H2. The Kier molecular flexibility index (Phi) is 39.1. The third-order valence-corrected chi connectivity index (χ3v) is 13.8. The average Bonchev–Trinajstić information content (AvgIpc) is 4.14. The predicted octanol–water partition coefficient (Wildman–Crippen LogP) is 14.2. The van der Waals surface area contributed by atoms with Gasteiger partial charge in [0.05, 0.1) is 34.4 Å². The smallest absolute Gasteiger partial charge is 0.321 e. The largest absolute Gasteiger partial charge is 0.459 e. The second kappa shape index (κ2) is 38.2. The van der Waals surface area contributed by atoms with E-state index in [1.54, 1.807) is 6.92 Å². The fraction of sp³-hybridized carbons (Fsp3) is 0.920. The van der Waals surface area contributed by atoms with E-state index in [0.717, 1.165) is 135 Å². The lowest BCUT2D eigenvalue weighted by Gasteiger charge is -2.27. The zero-order valence-electron chi connectivity index (χ0n) is 41.5. The molecule has 6 rings (SSSR count). The molecule has 1 atom stereocenters. The summed E-state index contributed by atoms with van der Waals surface area (Å²) in [5.41, 5.74) is -1.01. The first-order valence-electron chi connectivity index (χ1n) is 24.8. The van der Waals surface area contributed by atoms with Gasteiger partial charge < -0.3 is 29.5 Å². The summed E-state index contributed by atoms with van der Waals surface area (Å²) in [4.78, 5) is 43.4. The number of carbonyl (C=O) groups excluding carboxylic acids is 4. The summed E-state index contributed by atoms with van der Waals surface area (Å²) in [5.74, 6) is -0.241. The molecule has 10 nitrogen and oxygen atoms in total. The first kappa shape index (κ1) is 66.5. The number of ether oxygens (including phenoxy) is 3. The van der Waals surface area contributed by atoms with Crippen LogP contribution in [0.2, 0.25) is 0 Å². The van der Waals surface area contributed by atoms with Crippen molar-refractivity contribution in [3.63, 3.8) is 0 Å². The molecule has 386 valence electrons. The maximum Gasteiger partial charge on any atom is 0.321 e. The molecule has 6 aliphatic carbocycles. The number of Topliss-reactive ketones (excluding diaryl/α,β-unsaturated/α-hetero) is 1. The van der Waals surface area contributed by atoms with E-state index in [9.17, 15) is 29.4 Å². The summed E-state index contributed by atoms with van der Waals surface area (Å²) in [5, 5.41) is 28.4. The molecule has 6 aliphatic rings. The van der Waals surface area contributed by atoms with Crippen molar-refractivity contribution in [3.05, 3.63) is 0 Å². The third kappa shape index (κ3) is 31.3. The van der Waals surface area contributed by atoms with Crippen LogP contribution >= 0.6 is 58.0 Å². The summed E-state index contributed by atoms with van der Waals surface area (Å²) in [6.07, 6.45) is 30.3. The molecular formula is C50H91Cl5O10. The molecule has 0 spiro atoms. The Morgan fingerprint density at radius 1 is 0.508 bits per heavy atom. The van der Waals surface area contributed by atoms with Crippen molar-refractivity contribution < 1.29 is 48.7 Å². The monoisotopic (exact) mass is 1030 g/mol. The third-order valence-electron chi connectivity index (χ3n) is 13.6. The van der Waals surface area contributed by atoms with Gasteiger partial charge in [-0.2, -0.15) is 0 Å². The van der Waals surface area contributed by atoms with Crippen LogP contribution in [-0.2, 0) is 33.4 Å². The number of ketones is 1. The number of alkyl halides is 5. The van der Waals surface area contributed by atoms with Crippen molar-refractivity contribution in [3.8, 4) is 0 Å². The van der Waals surface area contributed by atoms with E-state index < -0.39 is 6.10 Å². The number of aliphatic hydroxyl groups is 3. The number of esters is 3. The Hall–Kier alpha value is -0.590. The van der Waals surface area contributed by atoms with Crippen LogP contribution in [0.5, 0.6) is 0 Å². The van der Waals surface area contributed by atoms with Crippen molar-refractivity contribution in [1.29, 1.82) is 0 Å². The Morgan fingerprint density at radius 2 is 0.785 bits per heavy atom. The highest BCUT2D eigenvalue weighted by molar-refractivity contribution is 6.41. The lowest BCUT2D eigenvalue weighted by atomic mass is 9.99. The van der Waals surface area contributed by atoms with Crippen LogP contribution in [0.3, 0.4) is 0 Å². The van der Waals surface area contributed by atoms with Gasteiger partial charge in [-0.3, -0.25) is 19.2 Å². The van der Waals surface area contributed by atoms with Crippen LogP contribution < -0.4 is 0 Å². The van der Waals surface area contributed by atoms with E-state index in [4.69, 9.17) is 77.3 Å². The van der Waals surface area contributed by atoms with E-state index in [1.807, 2.05) is 0 Å². The Bertz CT molecular complexity index is 1190. The van der Waals surface area contributed by atoms with Gasteiger partial charge in [-0.1, -0.05) is 60.3 Å². The van der Waals surface area contributed by atoms with Gasteiger partial charge in [0.25, 0.3) is 0 Å². The molecule has 1 unspecified atom stereocenters. The molecule has 15 heteroatoms. The minimum Gasteiger partial charge on any atom is -0.459 e. The van der Waals surface area contributed by atoms with Gasteiger partial charge in [0.15, 0.2) is 0 Å². The Morgan fingerprint density at radius 3 is 0.985 bits per heavy atom. The minimum atomic E-state index is -0.599. The SMILES string of the molecule is CCC1(O)CCCC1.CCC1(O)CCCC1.CCC1(OC(=O)CC(C)O)CCCC1.CCC1(OC(=O)CCl)CCCC1.CCC1(OC(C)=O)CCCC1.ClCCl.ClCCl.O=C1CCCC1. The summed E-state index contributed by atoms with van der Waals surface area (Å²) in [7, 11) is 0. The molecule has 3 N–H and O–H groups in total. The average molecular weight is 1030 g/mol. The molecule has 0 radical (unpaired) electrons. The van der Waals surface area contributed by atoms with Gasteiger partial charge in [-0.05, 0) is 155 Å². The topological polar surface area (TPSA) is 157 Å². The maximum atomic E-state index is 11.4. The van der Waals surface area contributed by atoms with Crippen molar-refractivity contribution in [2.24, 2.45) is 0 Å². The minimum absolute atomic E-state index is 0.0260. The van der Waals surface area contributed by atoms with Crippen LogP contribution in [-0.4, -0.2) is 89.7 Å². The maximum absolute atomic E-state index is 11.4. The summed E-state index contributed by atoms with van der Waals surface area (Å²) >= 11 is 24.4. The van der Waals surface area contributed by atoms with Crippen molar-refractivity contribution in [2.45, 2.75) is 275 Å². The molecule has 0 aromatic carbocycles. The van der Waals surface area contributed by atoms with Gasteiger partial charge >= 0.3 is 17.9 Å². The highest BCUT2D eigenvalue weighted by Gasteiger charge is 2.37. The first-order chi connectivity index (χ1) is 30.7. The van der Waals surface area contributed by atoms with Gasteiger partial charge in [-0.15, -0.1) is 58.0 Å². The van der Waals surface area contributed by atoms with E-state index in [0.29, 0.717) is 5.78 Å². The number of rotatable bonds is 11. The van der Waals surface area contributed by atoms with Gasteiger partial charge in [-0.25, -0.2) is 0 Å². The van der Waals surface area contributed by atoms with Crippen molar-refractivity contribution in [1.82, 2.24) is 0 Å². The molecular weight excluding hydrogens is 938 g/mol.